The van der Waals surface area contributed by atoms with Gasteiger partial charge in [0.2, 0.25) is 5.89 Å². The molecule has 1 saturated heterocycles. The monoisotopic (exact) mass is 304 g/mol. The fourth-order valence-corrected chi connectivity index (χ4v) is 2.90. The molecule has 7 nitrogen and oxygen atoms in total. The molecule has 2 aromatic rings. The first-order chi connectivity index (χ1) is 10.6. The van der Waals surface area contributed by atoms with E-state index in [4.69, 9.17) is 9.05 Å². The second-order valence-electron chi connectivity index (χ2n) is 5.69. The van der Waals surface area contributed by atoms with Gasteiger partial charge in [0.25, 0.3) is 5.91 Å². The zero-order valence-electron chi connectivity index (χ0n) is 13.1. The molecule has 0 bridgehead atoms. The van der Waals surface area contributed by atoms with Crippen LogP contribution in [0.15, 0.2) is 9.05 Å². The molecule has 1 aliphatic rings. The number of carbonyl (C=O) groups is 1. The van der Waals surface area contributed by atoms with E-state index in [-0.39, 0.29) is 11.8 Å². The first kappa shape index (κ1) is 14.7. The van der Waals surface area contributed by atoms with Crippen LogP contribution in [0.2, 0.25) is 0 Å². The van der Waals surface area contributed by atoms with Crippen LogP contribution in [0, 0.1) is 13.8 Å². The number of piperidine rings is 1. The lowest BCUT2D eigenvalue weighted by Gasteiger charge is -2.31. The van der Waals surface area contributed by atoms with Crippen molar-refractivity contribution in [3.8, 4) is 0 Å². The third-order valence-electron chi connectivity index (χ3n) is 4.11. The molecule has 2 aromatic heterocycles. The molecular formula is C15H20N4O3. The minimum atomic E-state index is -0.0276. The van der Waals surface area contributed by atoms with Gasteiger partial charge in [0.15, 0.2) is 5.82 Å². The van der Waals surface area contributed by atoms with E-state index in [0.29, 0.717) is 35.3 Å². The molecule has 3 rings (SSSR count). The van der Waals surface area contributed by atoms with Gasteiger partial charge in [0, 0.05) is 25.4 Å². The number of carbonyl (C=O) groups excluding carboxylic acids is 1. The molecule has 0 radical (unpaired) electrons. The van der Waals surface area contributed by atoms with Crippen LogP contribution < -0.4 is 0 Å². The van der Waals surface area contributed by atoms with Crippen LogP contribution in [0.3, 0.4) is 0 Å². The number of nitrogens with zero attached hydrogens (tertiary/aromatic N) is 4. The normalized spacial score (nSPS) is 18.7. The molecule has 1 atom stereocenters. The second-order valence-corrected chi connectivity index (χ2v) is 5.69. The number of rotatable bonds is 3. The fraction of sp³-hybridized carbons (Fsp3) is 0.600. The number of likely N-dealkylation sites (tertiary alicyclic amines) is 1. The highest BCUT2D eigenvalue weighted by Gasteiger charge is 2.30. The van der Waals surface area contributed by atoms with Crippen molar-refractivity contribution in [2.24, 2.45) is 0 Å². The molecule has 1 fully saturated rings. The van der Waals surface area contributed by atoms with Gasteiger partial charge in [-0.1, -0.05) is 17.2 Å². The largest absolute Gasteiger partial charge is 0.361 e. The van der Waals surface area contributed by atoms with Crippen LogP contribution in [0.1, 0.15) is 59.2 Å². The fourth-order valence-electron chi connectivity index (χ4n) is 2.90. The summed E-state index contributed by atoms with van der Waals surface area (Å²) in [4.78, 5) is 18.9. The maximum Gasteiger partial charge on any atom is 0.259 e. The molecule has 0 N–H and O–H groups in total. The first-order valence-corrected chi connectivity index (χ1v) is 7.64. The van der Waals surface area contributed by atoms with Crippen LogP contribution in [-0.4, -0.2) is 39.2 Å². The first-order valence-electron chi connectivity index (χ1n) is 7.64. The highest BCUT2D eigenvalue weighted by Crippen LogP contribution is 2.27. The van der Waals surface area contributed by atoms with E-state index >= 15 is 0 Å². The molecule has 7 heteroatoms. The van der Waals surface area contributed by atoms with E-state index in [1.54, 1.807) is 13.8 Å². The van der Waals surface area contributed by atoms with Gasteiger partial charge < -0.3 is 13.9 Å². The number of hydrogen-bond acceptors (Lipinski definition) is 6. The van der Waals surface area contributed by atoms with Crippen molar-refractivity contribution < 1.29 is 13.8 Å². The van der Waals surface area contributed by atoms with Gasteiger partial charge in [-0.15, -0.1) is 0 Å². The summed E-state index contributed by atoms with van der Waals surface area (Å²) in [5, 5.41) is 7.91. The SMILES string of the molecule is CCc1nc(C2CCCN(C(=O)c3c(C)noc3C)C2)no1. The summed E-state index contributed by atoms with van der Waals surface area (Å²) in [5.41, 5.74) is 1.21. The van der Waals surface area contributed by atoms with Gasteiger partial charge in [0.05, 0.1) is 5.69 Å². The molecule has 0 spiro atoms. The van der Waals surface area contributed by atoms with Crippen molar-refractivity contribution in [3.63, 3.8) is 0 Å². The van der Waals surface area contributed by atoms with Crippen LogP contribution in [0.4, 0.5) is 0 Å². The summed E-state index contributed by atoms with van der Waals surface area (Å²) >= 11 is 0. The Morgan fingerprint density at radius 2 is 2.14 bits per heavy atom. The van der Waals surface area contributed by atoms with Gasteiger partial charge in [-0.25, -0.2) is 0 Å². The topological polar surface area (TPSA) is 85.3 Å². The van der Waals surface area contributed by atoms with Crippen LogP contribution >= 0.6 is 0 Å². The molecule has 1 aliphatic heterocycles. The zero-order chi connectivity index (χ0) is 15.7. The van der Waals surface area contributed by atoms with E-state index in [0.717, 1.165) is 25.8 Å². The van der Waals surface area contributed by atoms with Crippen LogP contribution in [0.25, 0.3) is 0 Å². The van der Waals surface area contributed by atoms with E-state index in [1.165, 1.54) is 0 Å². The molecule has 1 amide bonds. The highest BCUT2D eigenvalue weighted by molar-refractivity contribution is 5.96. The van der Waals surface area contributed by atoms with E-state index in [2.05, 4.69) is 15.3 Å². The third kappa shape index (κ3) is 2.63. The standard InChI is InChI=1S/C15H20N4O3/c1-4-12-16-14(18-22-12)11-6-5-7-19(8-11)15(20)13-9(2)17-21-10(13)3/h11H,4-8H2,1-3H3. The molecule has 0 saturated carbocycles. The van der Waals surface area contributed by atoms with Gasteiger partial charge in [0.1, 0.15) is 11.3 Å². The molecule has 0 aromatic carbocycles. The molecular weight excluding hydrogens is 284 g/mol. The van der Waals surface area contributed by atoms with Gasteiger partial charge in [-0.2, -0.15) is 4.98 Å². The van der Waals surface area contributed by atoms with E-state index in [1.807, 2.05) is 11.8 Å². The van der Waals surface area contributed by atoms with Crippen molar-refractivity contribution >= 4 is 5.91 Å². The van der Waals surface area contributed by atoms with Crippen LogP contribution in [0.5, 0.6) is 0 Å². The average molecular weight is 304 g/mol. The lowest BCUT2D eigenvalue weighted by molar-refractivity contribution is 0.0701. The average Bonchev–Trinajstić information content (AvgIpc) is 3.14. The molecule has 118 valence electrons. The molecule has 0 aliphatic carbocycles. The lowest BCUT2D eigenvalue weighted by Crippen LogP contribution is -2.39. The van der Waals surface area contributed by atoms with Gasteiger partial charge in [-0.3, -0.25) is 4.79 Å². The van der Waals surface area contributed by atoms with E-state index < -0.39 is 0 Å². The Morgan fingerprint density at radius 1 is 1.32 bits per heavy atom. The Labute approximate surface area is 128 Å². The maximum absolute atomic E-state index is 12.7. The van der Waals surface area contributed by atoms with Crippen molar-refractivity contribution in [3.05, 3.63) is 28.7 Å². The van der Waals surface area contributed by atoms with E-state index in [9.17, 15) is 4.79 Å². The minimum Gasteiger partial charge on any atom is -0.361 e. The van der Waals surface area contributed by atoms with Gasteiger partial charge in [-0.05, 0) is 26.7 Å². The third-order valence-corrected chi connectivity index (χ3v) is 4.11. The predicted octanol–water partition coefficient (Wildman–Crippen LogP) is 2.26. The summed E-state index contributed by atoms with van der Waals surface area (Å²) < 4.78 is 10.3. The van der Waals surface area contributed by atoms with Crippen molar-refractivity contribution in [2.45, 2.75) is 46.0 Å². The Balaban J connectivity index is 1.77. The Hall–Kier alpha value is -2.18. The lowest BCUT2D eigenvalue weighted by atomic mass is 9.96. The van der Waals surface area contributed by atoms with Gasteiger partial charge >= 0.3 is 0 Å². The second kappa shape index (κ2) is 5.90. The predicted molar refractivity (Wildman–Crippen MR) is 77.5 cm³/mol. The summed E-state index contributed by atoms with van der Waals surface area (Å²) in [6.07, 6.45) is 2.62. The quantitative estimate of drug-likeness (QED) is 0.864. The summed E-state index contributed by atoms with van der Waals surface area (Å²) in [5.74, 6) is 2.01. The number of amides is 1. The van der Waals surface area contributed by atoms with Crippen LogP contribution in [-0.2, 0) is 6.42 Å². The summed E-state index contributed by atoms with van der Waals surface area (Å²) in [6.45, 7) is 6.87. The Kier molecular flexibility index (Phi) is 3.96. The minimum absolute atomic E-state index is 0.0276. The number of aromatic nitrogens is 3. The summed E-state index contributed by atoms with van der Waals surface area (Å²) in [7, 11) is 0. The Bertz CT molecular complexity index is 657. The molecule has 1 unspecified atom stereocenters. The van der Waals surface area contributed by atoms with Crippen molar-refractivity contribution in [1.29, 1.82) is 0 Å². The van der Waals surface area contributed by atoms with Crippen molar-refractivity contribution in [2.75, 3.05) is 13.1 Å². The van der Waals surface area contributed by atoms with Crippen molar-refractivity contribution in [1.82, 2.24) is 20.2 Å². The summed E-state index contributed by atoms with van der Waals surface area (Å²) in [6, 6.07) is 0. The highest BCUT2D eigenvalue weighted by atomic mass is 16.5. The number of aryl methyl sites for hydroxylation is 3. The molecule has 3 heterocycles. The Morgan fingerprint density at radius 3 is 2.77 bits per heavy atom. The zero-order valence-corrected chi connectivity index (χ0v) is 13.1. The molecule has 22 heavy (non-hydrogen) atoms. The number of hydrogen-bond donors (Lipinski definition) is 0. The maximum atomic E-state index is 12.7. The smallest absolute Gasteiger partial charge is 0.259 e.